The lowest BCUT2D eigenvalue weighted by Gasteiger charge is -2.18. The lowest BCUT2D eigenvalue weighted by atomic mass is 10.1. The van der Waals surface area contributed by atoms with Gasteiger partial charge in [0, 0.05) is 10.0 Å². The Morgan fingerprint density at radius 1 is 1.53 bits per heavy atom. The lowest BCUT2D eigenvalue weighted by molar-refractivity contribution is -0.132. The third-order valence-electron chi connectivity index (χ3n) is 2.07. The van der Waals surface area contributed by atoms with E-state index < -0.39 is 5.97 Å². The molecule has 0 spiro atoms. The molecule has 0 amide bonds. The van der Waals surface area contributed by atoms with Crippen molar-refractivity contribution in [3.05, 3.63) is 33.8 Å². The highest BCUT2D eigenvalue weighted by atomic mass is 79.9. The molecular weight excluding hydrogens is 283 g/mol. The van der Waals surface area contributed by atoms with Gasteiger partial charge in [0.05, 0.1) is 10.6 Å². The van der Waals surface area contributed by atoms with Crippen LogP contribution in [0.15, 0.2) is 28.2 Å². The number of benzene rings is 1. The summed E-state index contributed by atoms with van der Waals surface area (Å²) < 4.78 is 6.11. The monoisotopic (exact) mass is 288 g/mol. The molecule has 0 radical (unpaired) electrons. The molecule has 0 aliphatic carbocycles. The minimum Gasteiger partial charge on any atom is -0.488 e. The maximum atomic E-state index is 10.8. The van der Waals surface area contributed by atoms with Crippen molar-refractivity contribution in [1.82, 2.24) is 0 Å². The average molecular weight is 290 g/mol. The Bertz CT molecular complexity index is 468. The predicted molar refractivity (Wildman–Crippen MR) is 60.0 cm³/mol. The minimum absolute atomic E-state index is 0.00278. The van der Waals surface area contributed by atoms with Crippen LogP contribution in [0, 0.1) is 0 Å². The van der Waals surface area contributed by atoms with E-state index in [9.17, 15) is 4.79 Å². The summed E-state index contributed by atoms with van der Waals surface area (Å²) in [6, 6.07) is 5.30. The first-order valence-corrected chi connectivity index (χ1v) is 5.31. The topological polar surface area (TPSA) is 46.5 Å². The first-order chi connectivity index (χ1) is 7.09. The van der Waals surface area contributed by atoms with Crippen LogP contribution in [0.5, 0.6) is 5.75 Å². The zero-order valence-electron chi connectivity index (χ0n) is 7.46. The number of ether oxygens (including phenoxy) is 1. The van der Waals surface area contributed by atoms with Gasteiger partial charge in [-0.2, -0.15) is 0 Å². The van der Waals surface area contributed by atoms with Gasteiger partial charge in [-0.15, -0.1) is 0 Å². The van der Waals surface area contributed by atoms with Crippen LogP contribution < -0.4 is 4.74 Å². The van der Waals surface area contributed by atoms with Crippen LogP contribution in [-0.4, -0.2) is 17.7 Å². The Balaban J connectivity index is 2.59. The summed E-state index contributed by atoms with van der Waals surface area (Å²) in [6.45, 7) is 0.00278. The van der Waals surface area contributed by atoms with Gasteiger partial charge >= 0.3 is 5.97 Å². The summed E-state index contributed by atoms with van der Waals surface area (Å²) in [7, 11) is 0. The van der Waals surface area contributed by atoms with Crippen molar-refractivity contribution in [2.75, 3.05) is 6.61 Å². The fourth-order valence-corrected chi connectivity index (χ4v) is 1.98. The number of aliphatic carboxylic acids is 1. The zero-order chi connectivity index (χ0) is 11.0. The lowest BCUT2D eigenvalue weighted by Crippen LogP contribution is -2.16. The molecule has 0 aromatic heterocycles. The van der Waals surface area contributed by atoms with Gasteiger partial charge < -0.3 is 9.84 Å². The average Bonchev–Trinajstić information content (AvgIpc) is 2.19. The number of halogens is 2. The molecule has 3 nitrogen and oxygen atoms in total. The first kappa shape index (κ1) is 10.5. The van der Waals surface area contributed by atoms with E-state index in [1.54, 1.807) is 12.1 Å². The van der Waals surface area contributed by atoms with Gasteiger partial charge in [-0.25, -0.2) is 4.79 Å². The fourth-order valence-electron chi connectivity index (χ4n) is 1.33. The molecule has 1 N–H and O–H groups in total. The maximum absolute atomic E-state index is 10.8. The van der Waals surface area contributed by atoms with Gasteiger partial charge in [-0.05, 0) is 18.2 Å². The highest BCUT2D eigenvalue weighted by Crippen LogP contribution is 2.37. The van der Waals surface area contributed by atoms with Gasteiger partial charge in [0.15, 0.2) is 0 Å². The standard InChI is InChI=1S/C10H6BrClO3/c11-5-1-2-8-6(3-5)9(12)7(4-15-8)10(13)14/h1-3H,4H2,(H,13,14). The SMILES string of the molecule is O=C(O)C1=C(Cl)c2cc(Br)ccc2OC1. The van der Waals surface area contributed by atoms with Crippen LogP contribution in [0.25, 0.3) is 5.03 Å². The van der Waals surface area contributed by atoms with E-state index in [0.717, 1.165) is 4.47 Å². The second kappa shape index (κ2) is 3.87. The quantitative estimate of drug-likeness (QED) is 0.865. The third-order valence-corrected chi connectivity index (χ3v) is 3.00. The molecule has 1 heterocycles. The van der Waals surface area contributed by atoms with Crippen molar-refractivity contribution in [2.45, 2.75) is 0 Å². The second-order valence-corrected chi connectivity index (χ2v) is 4.32. The van der Waals surface area contributed by atoms with Gasteiger partial charge in [0.2, 0.25) is 0 Å². The van der Waals surface area contributed by atoms with Crippen LogP contribution in [0.1, 0.15) is 5.56 Å². The van der Waals surface area contributed by atoms with Crippen LogP contribution in [-0.2, 0) is 4.79 Å². The Labute approximate surface area is 99.4 Å². The highest BCUT2D eigenvalue weighted by molar-refractivity contribution is 9.10. The van der Waals surface area contributed by atoms with Crippen LogP contribution in [0.3, 0.4) is 0 Å². The smallest absolute Gasteiger partial charge is 0.336 e. The van der Waals surface area contributed by atoms with Crippen LogP contribution >= 0.6 is 27.5 Å². The molecule has 15 heavy (non-hydrogen) atoms. The van der Waals surface area contributed by atoms with E-state index in [0.29, 0.717) is 11.3 Å². The number of hydrogen-bond acceptors (Lipinski definition) is 2. The Morgan fingerprint density at radius 2 is 2.27 bits per heavy atom. The summed E-state index contributed by atoms with van der Waals surface area (Å²) >= 11 is 9.27. The first-order valence-electron chi connectivity index (χ1n) is 4.14. The maximum Gasteiger partial charge on any atom is 0.336 e. The molecule has 1 aliphatic heterocycles. The molecule has 78 valence electrons. The van der Waals surface area contributed by atoms with E-state index in [4.69, 9.17) is 21.4 Å². The van der Waals surface area contributed by atoms with Gasteiger partial charge in [0.25, 0.3) is 0 Å². The molecular formula is C10H6BrClO3. The van der Waals surface area contributed by atoms with E-state index in [1.165, 1.54) is 0 Å². The zero-order valence-corrected chi connectivity index (χ0v) is 9.80. The molecule has 1 aliphatic rings. The fraction of sp³-hybridized carbons (Fsp3) is 0.100. The molecule has 2 rings (SSSR count). The van der Waals surface area contributed by atoms with Gasteiger partial charge in [0.1, 0.15) is 12.4 Å². The molecule has 0 unspecified atom stereocenters. The van der Waals surface area contributed by atoms with Crippen molar-refractivity contribution in [3.63, 3.8) is 0 Å². The Hall–Kier alpha value is -1.00. The summed E-state index contributed by atoms with van der Waals surface area (Å²) in [6.07, 6.45) is 0. The van der Waals surface area contributed by atoms with Crippen molar-refractivity contribution < 1.29 is 14.6 Å². The van der Waals surface area contributed by atoms with E-state index in [1.807, 2.05) is 6.07 Å². The number of carbonyl (C=O) groups is 1. The third kappa shape index (κ3) is 1.87. The molecule has 0 bridgehead atoms. The minimum atomic E-state index is -1.05. The summed E-state index contributed by atoms with van der Waals surface area (Å²) in [5.74, 6) is -0.446. The number of carboxylic acids is 1. The highest BCUT2D eigenvalue weighted by Gasteiger charge is 2.23. The normalized spacial score (nSPS) is 14.5. The summed E-state index contributed by atoms with van der Waals surface area (Å²) in [5.41, 5.74) is 0.692. The molecule has 1 aromatic carbocycles. The molecule has 0 fully saturated rings. The van der Waals surface area contributed by atoms with Crippen molar-refractivity contribution in [3.8, 4) is 5.75 Å². The largest absolute Gasteiger partial charge is 0.488 e. The predicted octanol–water partition coefficient (Wildman–Crippen LogP) is 2.88. The van der Waals surface area contributed by atoms with E-state index in [-0.39, 0.29) is 17.2 Å². The van der Waals surface area contributed by atoms with Gasteiger partial charge in [-0.3, -0.25) is 0 Å². The second-order valence-electron chi connectivity index (χ2n) is 3.03. The van der Waals surface area contributed by atoms with Crippen LogP contribution in [0.4, 0.5) is 0 Å². The molecule has 1 aromatic rings. The van der Waals surface area contributed by atoms with E-state index in [2.05, 4.69) is 15.9 Å². The molecule has 0 atom stereocenters. The number of rotatable bonds is 1. The van der Waals surface area contributed by atoms with E-state index >= 15 is 0 Å². The number of hydrogen-bond donors (Lipinski definition) is 1. The molecule has 5 heteroatoms. The number of fused-ring (bicyclic) bond motifs is 1. The van der Waals surface area contributed by atoms with Crippen molar-refractivity contribution >= 4 is 38.5 Å². The molecule has 0 saturated heterocycles. The van der Waals surface area contributed by atoms with Crippen molar-refractivity contribution in [2.24, 2.45) is 0 Å². The Morgan fingerprint density at radius 3 is 2.93 bits per heavy atom. The van der Waals surface area contributed by atoms with Crippen molar-refractivity contribution in [1.29, 1.82) is 0 Å². The summed E-state index contributed by atoms with van der Waals surface area (Å²) in [5, 5.41) is 9.11. The molecule has 0 saturated carbocycles. The van der Waals surface area contributed by atoms with Gasteiger partial charge in [-0.1, -0.05) is 27.5 Å². The Kier molecular flexibility index (Phi) is 2.71. The summed E-state index contributed by atoms with van der Waals surface area (Å²) in [4.78, 5) is 10.8. The van der Waals surface area contributed by atoms with Crippen LogP contribution in [0.2, 0.25) is 0 Å². The number of carboxylic acid groups (broad SMARTS) is 1.